The molecule has 0 radical (unpaired) electrons. The summed E-state index contributed by atoms with van der Waals surface area (Å²) in [5, 5.41) is 5.78. The third kappa shape index (κ3) is 3.98. The van der Waals surface area contributed by atoms with Crippen LogP contribution in [0.5, 0.6) is 11.5 Å². The first-order valence-electron chi connectivity index (χ1n) is 7.85. The van der Waals surface area contributed by atoms with Crippen LogP contribution in [-0.2, 0) is 0 Å². The van der Waals surface area contributed by atoms with Crippen molar-refractivity contribution in [3.8, 4) is 11.5 Å². The number of benzene rings is 2. The molecule has 0 heterocycles. The molecule has 0 fully saturated rings. The average molecular weight is 328 g/mol. The summed E-state index contributed by atoms with van der Waals surface area (Å²) in [5.41, 5.74) is 3.62. The highest BCUT2D eigenvalue weighted by molar-refractivity contribution is 6.01. The topological polar surface area (TPSA) is 59.6 Å². The molecule has 0 spiro atoms. The zero-order valence-corrected chi connectivity index (χ0v) is 14.8. The predicted octanol–water partition coefficient (Wildman–Crippen LogP) is 4.78. The molecule has 0 atom stereocenters. The first kappa shape index (κ1) is 17.7. The van der Waals surface area contributed by atoms with E-state index in [1.54, 1.807) is 32.4 Å². The van der Waals surface area contributed by atoms with Crippen LogP contribution in [0.2, 0.25) is 0 Å². The third-order valence-corrected chi connectivity index (χ3v) is 3.81. The largest absolute Gasteiger partial charge is 0.493 e. The Morgan fingerprint density at radius 1 is 1.00 bits per heavy atom. The minimum absolute atomic E-state index is 0.293. The number of carbonyl (C=O) groups is 1. The van der Waals surface area contributed by atoms with E-state index in [-0.39, 0.29) is 6.03 Å². The number of nitrogens with one attached hydrogen (secondary N) is 2. The van der Waals surface area contributed by atoms with Crippen molar-refractivity contribution in [1.82, 2.24) is 0 Å². The van der Waals surface area contributed by atoms with Crippen LogP contribution in [-0.4, -0.2) is 20.3 Å². The van der Waals surface area contributed by atoms with E-state index in [9.17, 15) is 4.79 Å². The maximum absolute atomic E-state index is 12.4. The lowest BCUT2D eigenvalue weighted by molar-refractivity contribution is 0.262. The van der Waals surface area contributed by atoms with Crippen molar-refractivity contribution >= 4 is 17.4 Å². The number of para-hydroxylation sites is 1. The zero-order chi connectivity index (χ0) is 17.7. The Morgan fingerprint density at radius 3 is 2.33 bits per heavy atom. The van der Waals surface area contributed by atoms with E-state index in [0.29, 0.717) is 23.1 Å². The SMILES string of the molecule is COc1ccc(NC(=O)Nc2c(C)cccc2C(C)C)cc1OC. The van der Waals surface area contributed by atoms with Crippen molar-refractivity contribution in [2.24, 2.45) is 0 Å². The Kier molecular flexibility index (Phi) is 5.68. The standard InChI is InChI=1S/C19H24N2O3/c1-12(2)15-8-6-7-13(3)18(15)21-19(22)20-14-9-10-16(23-4)17(11-14)24-5/h6-12H,1-5H3,(H2,20,21,22). The summed E-state index contributed by atoms with van der Waals surface area (Å²) in [4.78, 5) is 12.4. The molecule has 2 amide bonds. The molecule has 2 aromatic carbocycles. The molecule has 0 aliphatic rings. The van der Waals surface area contributed by atoms with Crippen LogP contribution in [0.15, 0.2) is 36.4 Å². The fourth-order valence-corrected chi connectivity index (χ4v) is 2.53. The Labute approximate surface area is 143 Å². The number of urea groups is 1. The first-order chi connectivity index (χ1) is 11.5. The zero-order valence-electron chi connectivity index (χ0n) is 14.8. The number of carbonyl (C=O) groups excluding carboxylic acids is 1. The Morgan fingerprint density at radius 2 is 1.71 bits per heavy atom. The molecule has 0 aliphatic carbocycles. The molecule has 2 aromatic rings. The van der Waals surface area contributed by atoms with E-state index in [1.165, 1.54) is 0 Å². The summed E-state index contributed by atoms with van der Waals surface area (Å²) in [6, 6.07) is 11.0. The summed E-state index contributed by atoms with van der Waals surface area (Å²) >= 11 is 0. The molecule has 0 saturated carbocycles. The van der Waals surface area contributed by atoms with Crippen molar-refractivity contribution in [2.75, 3.05) is 24.9 Å². The molecule has 0 aliphatic heterocycles. The molecule has 0 bridgehead atoms. The monoisotopic (exact) mass is 328 g/mol. The van der Waals surface area contributed by atoms with Gasteiger partial charge in [0.25, 0.3) is 0 Å². The Balaban J connectivity index is 2.17. The van der Waals surface area contributed by atoms with E-state index in [0.717, 1.165) is 16.8 Å². The number of aryl methyl sites for hydroxylation is 1. The Hall–Kier alpha value is -2.69. The predicted molar refractivity (Wildman–Crippen MR) is 97.5 cm³/mol. The number of ether oxygens (including phenoxy) is 2. The molecule has 0 aromatic heterocycles. The number of anilines is 2. The molecular weight excluding hydrogens is 304 g/mol. The smallest absolute Gasteiger partial charge is 0.323 e. The fourth-order valence-electron chi connectivity index (χ4n) is 2.53. The summed E-state index contributed by atoms with van der Waals surface area (Å²) in [6.07, 6.45) is 0. The maximum Gasteiger partial charge on any atom is 0.323 e. The van der Waals surface area contributed by atoms with Gasteiger partial charge in [0.2, 0.25) is 0 Å². The van der Waals surface area contributed by atoms with Crippen LogP contribution in [0.4, 0.5) is 16.2 Å². The average Bonchev–Trinajstić information content (AvgIpc) is 2.56. The van der Waals surface area contributed by atoms with Gasteiger partial charge in [-0.3, -0.25) is 0 Å². The molecule has 0 saturated heterocycles. The third-order valence-electron chi connectivity index (χ3n) is 3.81. The normalized spacial score (nSPS) is 10.4. The molecular formula is C19H24N2O3. The second-order valence-electron chi connectivity index (χ2n) is 5.84. The van der Waals surface area contributed by atoms with Crippen molar-refractivity contribution in [2.45, 2.75) is 26.7 Å². The van der Waals surface area contributed by atoms with E-state index in [1.807, 2.05) is 25.1 Å². The van der Waals surface area contributed by atoms with Crippen molar-refractivity contribution in [3.63, 3.8) is 0 Å². The molecule has 5 heteroatoms. The van der Waals surface area contributed by atoms with Crippen LogP contribution in [0.1, 0.15) is 30.9 Å². The van der Waals surface area contributed by atoms with Gasteiger partial charge >= 0.3 is 6.03 Å². The van der Waals surface area contributed by atoms with E-state index in [4.69, 9.17) is 9.47 Å². The molecule has 24 heavy (non-hydrogen) atoms. The highest BCUT2D eigenvalue weighted by atomic mass is 16.5. The summed E-state index contributed by atoms with van der Waals surface area (Å²) < 4.78 is 10.4. The van der Waals surface area contributed by atoms with E-state index >= 15 is 0 Å². The van der Waals surface area contributed by atoms with Crippen molar-refractivity contribution in [1.29, 1.82) is 0 Å². The minimum atomic E-state index is -0.293. The lowest BCUT2D eigenvalue weighted by atomic mass is 9.98. The van der Waals surface area contributed by atoms with Gasteiger partial charge < -0.3 is 20.1 Å². The van der Waals surface area contributed by atoms with Gasteiger partial charge in [0.05, 0.1) is 14.2 Å². The van der Waals surface area contributed by atoms with E-state index < -0.39 is 0 Å². The molecule has 0 unspecified atom stereocenters. The Bertz CT molecular complexity index is 727. The molecule has 2 rings (SSSR count). The minimum Gasteiger partial charge on any atom is -0.493 e. The number of methoxy groups -OCH3 is 2. The van der Waals surface area contributed by atoms with Gasteiger partial charge in [-0.2, -0.15) is 0 Å². The molecule has 5 nitrogen and oxygen atoms in total. The molecule has 128 valence electrons. The van der Waals surface area contributed by atoms with Gasteiger partial charge in [-0.1, -0.05) is 32.0 Å². The maximum atomic E-state index is 12.4. The van der Waals surface area contributed by atoms with Gasteiger partial charge in [-0.15, -0.1) is 0 Å². The van der Waals surface area contributed by atoms with Crippen LogP contribution < -0.4 is 20.1 Å². The van der Waals surface area contributed by atoms with Gasteiger partial charge in [0.1, 0.15) is 0 Å². The van der Waals surface area contributed by atoms with Gasteiger partial charge in [0, 0.05) is 17.4 Å². The quantitative estimate of drug-likeness (QED) is 0.830. The van der Waals surface area contributed by atoms with Crippen LogP contribution in [0.3, 0.4) is 0 Å². The number of hydrogen-bond acceptors (Lipinski definition) is 3. The second-order valence-corrected chi connectivity index (χ2v) is 5.84. The van der Waals surface area contributed by atoms with Gasteiger partial charge in [-0.05, 0) is 36.1 Å². The van der Waals surface area contributed by atoms with Gasteiger partial charge in [0.15, 0.2) is 11.5 Å². The second kappa shape index (κ2) is 7.73. The lowest BCUT2D eigenvalue weighted by Crippen LogP contribution is -2.21. The van der Waals surface area contributed by atoms with Crippen molar-refractivity contribution < 1.29 is 14.3 Å². The van der Waals surface area contributed by atoms with Crippen molar-refractivity contribution in [3.05, 3.63) is 47.5 Å². The highest BCUT2D eigenvalue weighted by Crippen LogP contribution is 2.30. The number of amides is 2. The van der Waals surface area contributed by atoms with Crippen LogP contribution in [0, 0.1) is 6.92 Å². The lowest BCUT2D eigenvalue weighted by Gasteiger charge is -2.17. The van der Waals surface area contributed by atoms with Gasteiger partial charge in [-0.25, -0.2) is 4.79 Å². The van der Waals surface area contributed by atoms with Crippen LogP contribution in [0.25, 0.3) is 0 Å². The summed E-state index contributed by atoms with van der Waals surface area (Å²) in [6.45, 7) is 6.19. The van der Waals surface area contributed by atoms with Crippen LogP contribution >= 0.6 is 0 Å². The number of rotatable bonds is 5. The first-order valence-corrected chi connectivity index (χ1v) is 7.85. The number of hydrogen-bond donors (Lipinski definition) is 2. The summed E-state index contributed by atoms with van der Waals surface area (Å²) in [5.74, 6) is 1.50. The highest BCUT2D eigenvalue weighted by Gasteiger charge is 2.13. The summed E-state index contributed by atoms with van der Waals surface area (Å²) in [7, 11) is 3.13. The fraction of sp³-hybridized carbons (Fsp3) is 0.316. The van der Waals surface area contributed by atoms with E-state index in [2.05, 4.69) is 24.5 Å². The molecule has 2 N–H and O–H groups in total.